The number of benzene rings is 1. The van der Waals surface area contributed by atoms with Gasteiger partial charge in [0.15, 0.2) is 0 Å². The van der Waals surface area contributed by atoms with Gasteiger partial charge in [-0.1, -0.05) is 30.3 Å². The first-order valence-electron chi connectivity index (χ1n) is 5.66. The standard InChI is InChI=1S/C8H8O2.C5H9NO/c9-8(10)6-7-4-2-1-3-5-7;7-5-2-1-3-6-4-5/h1-5H,6H2,(H,9,10);6H,1-4H2. The molecule has 0 bridgehead atoms. The predicted octanol–water partition coefficient (Wildman–Crippen LogP) is 1.25. The van der Waals surface area contributed by atoms with Crippen LogP contribution in [0.25, 0.3) is 0 Å². The van der Waals surface area contributed by atoms with Gasteiger partial charge in [-0.05, 0) is 18.5 Å². The summed E-state index contributed by atoms with van der Waals surface area (Å²) in [6, 6.07) is 9.13. The third-order valence-electron chi connectivity index (χ3n) is 2.33. The molecule has 0 atom stereocenters. The lowest BCUT2D eigenvalue weighted by atomic mass is 10.1. The predicted molar refractivity (Wildman–Crippen MR) is 64.9 cm³/mol. The molecule has 1 saturated heterocycles. The Labute approximate surface area is 101 Å². The van der Waals surface area contributed by atoms with Crippen molar-refractivity contribution in [2.45, 2.75) is 19.3 Å². The fourth-order valence-electron chi connectivity index (χ4n) is 1.50. The highest BCUT2D eigenvalue weighted by molar-refractivity contribution is 5.81. The molecule has 1 heterocycles. The summed E-state index contributed by atoms with van der Waals surface area (Å²) in [5.41, 5.74) is 0.843. The van der Waals surface area contributed by atoms with Crippen molar-refractivity contribution in [2.75, 3.05) is 13.1 Å². The highest BCUT2D eigenvalue weighted by atomic mass is 16.4. The van der Waals surface area contributed by atoms with Crippen LogP contribution >= 0.6 is 0 Å². The van der Waals surface area contributed by atoms with Gasteiger partial charge in [0.05, 0.1) is 13.0 Å². The van der Waals surface area contributed by atoms with Gasteiger partial charge in [-0.3, -0.25) is 9.59 Å². The molecular weight excluding hydrogens is 218 g/mol. The molecule has 0 radical (unpaired) electrons. The van der Waals surface area contributed by atoms with E-state index in [1.54, 1.807) is 12.1 Å². The largest absolute Gasteiger partial charge is 0.481 e. The zero-order chi connectivity index (χ0) is 12.5. The zero-order valence-corrected chi connectivity index (χ0v) is 9.69. The molecule has 0 aliphatic carbocycles. The summed E-state index contributed by atoms with van der Waals surface area (Å²) in [6.45, 7) is 1.62. The highest BCUT2D eigenvalue weighted by Crippen LogP contribution is 1.98. The summed E-state index contributed by atoms with van der Waals surface area (Å²) in [7, 11) is 0. The van der Waals surface area contributed by atoms with E-state index in [-0.39, 0.29) is 6.42 Å². The number of carbonyl (C=O) groups excluding carboxylic acids is 1. The number of carboxylic acids is 1. The van der Waals surface area contributed by atoms with E-state index in [9.17, 15) is 9.59 Å². The zero-order valence-electron chi connectivity index (χ0n) is 9.69. The van der Waals surface area contributed by atoms with Crippen LogP contribution < -0.4 is 5.32 Å². The lowest BCUT2D eigenvalue weighted by molar-refractivity contribution is -0.136. The number of hydrogen-bond donors (Lipinski definition) is 2. The number of nitrogens with one attached hydrogen (secondary N) is 1. The number of aliphatic carboxylic acids is 1. The van der Waals surface area contributed by atoms with E-state index in [0.29, 0.717) is 12.3 Å². The summed E-state index contributed by atoms with van der Waals surface area (Å²) in [6.07, 6.45) is 1.92. The van der Waals surface area contributed by atoms with E-state index in [0.717, 1.165) is 24.9 Å². The topological polar surface area (TPSA) is 66.4 Å². The SMILES string of the molecule is O=C(O)Cc1ccccc1.O=C1CCCNC1. The molecule has 17 heavy (non-hydrogen) atoms. The van der Waals surface area contributed by atoms with E-state index in [4.69, 9.17) is 5.11 Å². The maximum atomic E-state index is 10.4. The second-order valence-electron chi connectivity index (χ2n) is 3.88. The van der Waals surface area contributed by atoms with Crippen molar-refractivity contribution in [3.05, 3.63) is 35.9 Å². The maximum absolute atomic E-state index is 10.4. The average molecular weight is 235 g/mol. The highest BCUT2D eigenvalue weighted by Gasteiger charge is 2.04. The van der Waals surface area contributed by atoms with Crippen LogP contribution in [-0.2, 0) is 16.0 Å². The molecular formula is C13H17NO3. The molecule has 2 N–H and O–H groups in total. The summed E-state index contributed by atoms with van der Waals surface area (Å²) in [4.78, 5) is 20.6. The maximum Gasteiger partial charge on any atom is 0.307 e. The van der Waals surface area contributed by atoms with Gasteiger partial charge in [0.2, 0.25) is 0 Å². The Morgan fingerprint density at radius 2 is 2.00 bits per heavy atom. The van der Waals surface area contributed by atoms with Crippen LogP contribution in [-0.4, -0.2) is 29.9 Å². The van der Waals surface area contributed by atoms with Crippen LogP contribution in [0.3, 0.4) is 0 Å². The number of Topliss-reactive ketones (excluding diaryl/α,β-unsaturated/α-hetero) is 1. The third kappa shape index (κ3) is 6.48. The van der Waals surface area contributed by atoms with Crippen molar-refractivity contribution < 1.29 is 14.7 Å². The number of carbonyl (C=O) groups is 2. The Morgan fingerprint density at radius 1 is 1.29 bits per heavy atom. The molecule has 0 aromatic heterocycles. The van der Waals surface area contributed by atoms with Crippen molar-refractivity contribution in [3.8, 4) is 0 Å². The second-order valence-corrected chi connectivity index (χ2v) is 3.88. The van der Waals surface area contributed by atoms with E-state index < -0.39 is 5.97 Å². The normalized spacial score (nSPS) is 14.7. The van der Waals surface area contributed by atoms with Gasteiger partial charge in [0.25, 0.3) is 0 Å². The van der Waals surface area contributed by atoms with Gasteiger partial charge < -0.3 is 10.4 Å². The minimum atomic E-state index is -0.786. The van der Waals surface area contributed by atoms with Crippen LogP contribution in [0.2, 0.25) is 0 Å². The summed E-state index contributed by atoms with van der Waals surface area (Å²) in [5, 5.41) is 11.4. The van der Waals surface area contributed by atoms with Crippen LogP contribution in [0.4, 0.5) is 0 Å². The first kappa shape index (κ1) is 13.4. The van der Waals surface area contributed by atoms with Crippen LogP contribution in [0.5, 0.6) is 0 Å². The summed E-state index contributed by atoms with van der Waals surface area (Å²) >= 11 is 0. The van der Waals surface area contributed by atoms with Crippen molar-refractivity contribution in [2.24, 2.45) is 0 Å². The van der Waals surface area contributed by atoms with Crippen molar-refractivity contribution in [3.63, 3.8) is 0 Å². The number of piperidine rings is 1. The van der Waals surface area contributed by atoms with Crippen LogP contribution in [0.1, 0.15) is 18.4 Å². The molecule has 1 aliphatic heterocycles. The quantitative estimate of drug-likeness (QED) is 0.809. The van der Waals surface area contributed by atoms with Gasteiger partial charge in [-0.15, -0.1) is 0 Å². The Bertz CT molecular complexity index is 354. The van der Waals surface area contributed by atoms with Crippen molar-refractivity contribution in [1.82, 2.24) is 5.32 Å². The second kappa shape index (κ2) is 7.57. The molecule has 4 nitrogen and oxygen atoms in total. The molecule has 0 amide bonds. The Morgan fingerprint density at radius 3 is 2.41 bits per heavy atom. The fourth-order valence-corrected chi connectivity index (χ4v) is 1.50. The minimum Gasteiger partial charge on any atom is -0.481 e. The Balaban J connectivity index is 0.000000181. The smallest absolute Gasteiger partial charge is 0.307 e. The number of carboxylic acid groups (broad SMARTS) is 1. The minimum absolute atomic E-state index is 0.112. The van der Waals surface area contributed by atoms with Crippen LogP contribution in [0, 0.1) is 0 Å². The van der Waals surface area contributed by atoms with E-state index in [1.807, 2.05) is 18.2 Å². The fraction of sp³-hybridized carbons (Fsp3) is 0.385. The molecule has 2 rings (SSSR count). The molecule has 4 heteroatoms. The van der Waals surface area contributed by atoms with Gasteiger partial charge in [0.1, 0.15) is 5.78 Å². The lowest BCUT2D eigenvalue weighted by Crippen LogP contribution is -2.29. The summed E-state index contributed by atoms with van der Waals surface area (Å²) in [5.74, 6) is -0.433. The molecule has 0 saturated carbocycles. The molecule has 1 aromatic carbocycles. The van der Waals surface area contributed by atoms with Crippen LogP contribution in [0.15, 0.2) is 30.3 Å². The number of ketones is 1. The number of rotatable bonds is 2. The van der Waals surface area contributed by atoms with E-state index in [2.05, 4.69) is 5.32 Å². The first-order valence-corrected chi connectivity index (χ1v) is 5.66. The molecule has 0 unspecified atom stereocenters. The summed E-state index contributed by atoms with van der Waals surface area (Å²) < 4.78 is 0. The van der Waals surface area contributed by atoms with E-state index >= 15 is 0 Å². The molecule has 0 spiro atoms. The van der Waals surface area contributed by atoms with Crippen molar-refractivity contribution >= 4 is 11.8 Å². The van der Waals surface area contributed by atoms with Gasteiger partial charge in [0, 0.05) is 6.42 Å². The Hall–Kier alpha value is -1.68. The molecule has 1 aromatic rings. The number of hydrogen-bond acceptors (Lipinski definition) is 3. The molecule has 1 aliphatic rings. The molecule has 1 fully saturated rings. The van der Waals surface area contributed by atoms with Gasteiger partial charge >= 0.3 is 5.97 Å². The monoisotopic (exact) mass is 235 g/mol. The van der Waals surface area contributed by atoms with E-state index in [1.165, 1.54) is 0 Å². The van der Waals surface area contributed by atoms with Crippen molar-refractivity contribution in [1.29, 1.82) is 0 Å². The average Bonchev–Trinajstić information content (AvgIpc) is 2.31. The third-order valence-corrected chi connectivity index (χ3v) is 2.33. The first-order chi connectivity index (χ1) is 8.18. The lowest BCUT2D eigenvalue weighted by Gasteiger charge is -2.08. The van der Waals surface area contributed by atoms with Gasteiger partial charge in [-0.25, -0.2) is 0 Å². The van der Waals surface area contributed by atoms with Gasteiger partial charge in [-0.2, -0.15) is 0 Å². The Kier molecular flexibility index (Phi) is 5.96. The molecule has 92 valence electrons.